The van der Waals surface area contributed by atoms with Gasteiger partial charge in [0.15, 0.2) is 23.5 Å². The molecule has 2 aliphatic heterocycles. The molecule has 0 radical (unpaired) electrons. The number of ether oxygens (including phenoxy) is 3. The van der Waals surface area contributed by atoms with E-state index in [-0.39, 0.29) is 29.3 Å². The van der Waals surface area contributed by atoms with Gasteiger partial charge in [-0.3, -0.25) is 4.90 Å². The summed E-state index contributed by atoms with van der Waals surface area (Å²) in [7, 11) is -1.99. The van der Waals surface area contributed by atoms with Crippen LogP contribution in [0.3, 0.4) is 0 Å². The topological polar surface area (TPSA) is 149 Å². The maximum absolute atomic E-state index is 12.2. The molecule has 4 atom stereocenters. The van der Waals surface area contributed by atoms with Gasteiger partial charge >= 0.3 is 6.09 Å². The lowest BCUT2D eigenvalue weighted by Gasteiger charge is -2.26. The van der Waals surface area contributed by atoms with Crippen molar-refractivity contribution in [2.45, 2.75) is 75.9 Å². The minimum absolute atomic E-state index is 0.0462. The summed E-state index contributed by atoms with van der Waals surface area (Å²) in [5.74, 6) is -0.759. The van der Waals surface area contributed by atoms with Crippen molar-refractivity contribution in [3.05, 3.63) is 11.5 Å². The number of carboxylic acid groups (broad SMARTS) is 1. The van der Waals surface area contributed by atoms with Gasteiger partial charge in [0.2, 0.25) is 15.3 Å². The fourth-order valence-electron chi connectivity index (χ4n) is 5.23. The van der Waals surface area contributed by atoms with E-state index in [9.17, 15) is 18.3 Å². The molecule has 5 rings (SSSR count). The van der Waals surface area contributed by atoms with Gasteiger partial charge in [0, 0.05) is 19.6 Å². The van der Waals surface area contributed by atoms with Gasteiger partial charge in [-0.05, 0) is 38.3 Å². The van der Waals surface area contributed by atoms with Crippen molar-refractivity contribution in [3.8, 4) is 0 Å². The monoisotopic (exact) mass is 544 g/mol. The maximum Gasteiger partial charge on any atom is 0.413 e. The third-order valence-corrected chi connectivity index (χ3v) is 8.35. The van der Waals surface area contributed by atoms with Crippen molar-refractivity contribution in [1.29, 1.82) is 0 Å². The van der Waals surface area contributed by atoms with Crippen LogP contribution in [-0.2, 0) is 24.2 Å². The Kier molecular flexibility index (Phi) is 6.41. The quantitative estimate of drug-likeness (QED) is 0.536. The summed E-state index contributed by atoms with van der Waals surface area (Å²) in [6, 6.07) is -0.213. The number of hydrogen-bond acceptors (Lipinski definition) is 9. The molecule has 0 unspecified atom stereocenters. The van der Waals surface area contributed by atoms with Crippen LogP contribution in [0.5, 0.6) is 0 Å². The third kappa shape index (κ3) is 4.54. The highest BCUT2D eigenvalue weighted by atomic mass is 35.5. The van der Waals surface area contributed by atoms with E-state index in [4.69, 9.17) is 25.8 Å². The molecule has 15 heteroatoms. The molecular formula is C21H29ClN6O7S. The number of halogens is 1. The average Bonchev–Trinajstić information content (AvgIpc) is 3.52. The van der Waals surface area contributed by atoms with E-state index in [1.807, 2.05) is 0 Å². The SMILES string of the molecule is CN(C[C@H]1O[C@@H](n2ncc3c(N(C(=O)O)C4CCCC4)nc(Cl)nc32)[C@@H]2OC(C)(C)O[C@@H]21)S(C)(=O)=O. The number of nitrogens with zero attached hydrogens (tertiary/aromatic N) is 6. The lowest BCUT2D eigenvalue weighted by Crippen LogP contribution is -2.40. The summed E-state index contributed by atoms with van der Waals surface area (Å²) >= 11 is 6.27. The van der Waals surface area contributed by atoms with Gasteiger partial charge < -0.3 is 19.3 Å². The summed E-state index contributed by atoms with van der Waals surface area (Å²) in [5.41, 5.74) is 0.281. The van der Waals surface area contributed by atoms with E-state index in [1.54, 1.807) is 13.8 Å². The zero-order valence-corrected chi connectivity index (χ0v) is 21.9. The zero-order valence-electron chi connectivity index (χ0n) is 20.4. The minimum Gasteiger partial charge on any atom is -0.465 e. The number of fused-ring (bicyclic) bond motifs is 2. The summed E-state index contributed by atoms with van der Waals surface area (Å²) in [6.07, 6.45) is 2.15. The van der Waals surface area contributed by atoms with E-state index >= 15 is 0 Å². The van der Waals surface area contributed by atoms with Crippen molar-refractivity contribution in [2.75, 3.05) is 24.7 Å². The fourth-order valence-corrected chi connectivity index (χ4v) is 5.81. The van der Waals surface area contributed by atoms with Crippen LogP contribution in [0.25, 0.3) is 11.0 Å². The molecule has 36 heavy (non-hydrogen) atoms. The van der Waals surface area contributed by atoms with Gasteiger partial charge in [-0.15, -0.1) is 0 Å². The normalized spacial score (nSPS) is 28.3. The van der Waals surface area contributed by atoms with Crippen molar-refractivity contribution in [3.63, 3.8) is 0 Å². The molecule has 2 aromatic rings. The Morgan fingerprint density at radius 2 is 1.92 bits per heavy atom. The Bertz CT molecular complexity index is 1280. The number of hydrogen-bond donors (Lipinski definition) is 1. The van der Waals surface area contributed by atoms with E-state index < -0.39 is 46.4 Å². The Labute approximate surface area is 213 Å². The van der Waals surface area contributed by atoms with E-state index in [0.717, 1.165) is 31.9 Å². The largest absolute Gasteiger partial charge is 0.465 e. The Morgan fingerprint density at radius 1 is 1.25 bits per heavy atom. The van der Waals surface area contributed by atoms with E-state index in [0.29, 0.717) is 5.39 Å². The molecule has 1 aliphatic carbocycles. The highest BCUT2D eigenvalue weighted by molar-refractivity contribution is 7.88. The van der Waals surface area contributed by atoms with Crippen LogP contribution in [-0.4, -0.2) is 93.7 Å². The number of carbonyl (C=O) groups is 1. The molecule has 198 valence electrons. The number of rotatable bonds is 6. The van der Waals surface area contributed by atoms with Gasteiger partial charge in [0.25, 0.3) is 0 Å². The molecule has 3 aliphatic rings. The molecule has 1 N–H and O–H groups in total. The van der Waals surface area contributed by atoms with Gasteiger partial charge in [0.1, 0.15) is 18.3 Å². The minimum atomic E-state index is -3.46. The second-order valence-electron chi connectivity index (χ2n) is 9.91. The number of anilines is 1. The predicted octanol–water partition coefficient (Wildman–Crippen LogP) is 2.22. The van der Waals surface area contributed by atoms with Crippen LogP contribution >= 0.6 is 11.6 Å². The van der Waals surface area contributed by atoms with Crippen LogP contribution in [0, 0.1) is 0 Å². The molecule has 13 nitrogen and oxygen atoms in total. The summed E-state index contributed by atoms with van der Waals surface area (Å²) in [4.78, 5) is 22.1. The predicted molar refractivity (Wildman–Crippen MR) is 128 cm³/mol. The van der Waals surface area contributed by atoms with Crippen molar-refractivity contribution >= 4 is 44.6 Å². The first kappa shape index (κ1) is 25.5. The molecule has 3 fully saturated rings. The summed E-state index contributed by atoms with van der Waals surface area (Å²) < 4.78 is 45.1. The summed E-state index contributed by atoms with van der Waals surface area (Å²) in [6.45, 7) is 3.58. The summed E-state index contributed by atoms with van der Waals surface area (Å²) in [5, 5.41) is 14.7. The molecule has 1 saturated carbocycles. The Hall–Kier alpha value is -2.10. The molecular weight excluding hydrogens is 516 g/mol. The Balaban J connectivity index is 1.54. The first-order valence-corrected chi connectivity index (χ1v) is 13.9. The second-order valence-corrected chi connectivity index (χ2v) is 12.3. The smallest absolute Gasteiger partial charge is 0.413 e. The van der Waals surface area contributed by atoms with Gasteiger partial charge in [-0.2, -0.15) is 15.1 Å². The zero-order chi connectivity index (χ0) is 26.0. The lowest BCUT2D eigenvalue weighted by molar-refractivity contribution is -0.198. The molecule has 2 aromatic heterocycles. The van der Waals surface area contributed by atoms with Crippen molar-refractivity contribution < 1.29 is 32.5 Å². The Morgan fingerprint density at radius 3 is 2.56 bits per heavy atom. The first-order valence-electron chi connectivity index (χ1n) is 11.7. The van der Waals surface area contributed by atoms with Crippen molar-refractivity contribution in [1.82, 2.24) is 24.1 Å². The van der Waals surface area contributed by atoms with Gasteiger partial charge in [-0.25, -0.2) is 22.2 Å². The maximum atomic E-state index is 12.2. The highest BCUT2D eigenvalue weighted by Gasteiger charge is 2.57. The van der Waals surface area contributed by atoms with Crippen LogP contribution < -0.4 is 4.90 Å². The van der Waals surface area contributed by atoms with E-state index in [2.05, 4.69) is 15.1 Å². The molecule has 4 heterocycles. The number of aromatic nitrogens is 4. The lowest BCUT2D eigenvalue weighted by atomic mass is 10.1. The van der Waals surface area contributed by atoms with Crippen LogP contribution in [0.2, 0.25) is 5.28 Å². The van der Waals surface area contributed by atoms with Gasteiger partial charge in [-0.1, -0.05) is 12.8 Å². The number of sulfonamides is 1. The first-order chi connectivity index (χ1) is 16.9. The molecule has 0 spiro atoms. The fraction of sp³-hybridized carbons (Fsp3) is 0.714. The van der Waals surface area contributed by atoms with E-state index in [1.165, 1.54) is 27.1 Å². The van der Waals surface area contributed by atoms with Crippen LogP contribution in [0.4, 0.5) is 10.6 Å². The second kappa shape index (κ2) is 9.03. The molecule has 0 aromatic carbocycles. The van der Waals surface area contributed by atoms with Gasteiger partial charge in [0.05, 0.1) is 17.8 Å². The van der Waals surface area contributed by atoms with Crippen LogP contribution in [0.1, 0.15) is 45.8 Å². The molecule has 1 amide bonds. The standard InChI is InChI=1S/C21H29ClN6O7S/c1-21(2)34-14-13(10-26(3)36(4,31)32)33-18(15(14)35-21)28-17-12(9-23-28)16(24-19(22)25-17)27(20(29)30)11-7-5-6-8-11/h9,11,13-15,18H,5-8,10H2,1-4H3,(H,29,30)/t13-,14-,15-,18-/m1/s1. The third-order valence-electron chi connectivity index (χ3n) is 6.90. The highest BCUT2D eigenvalue weighted by Crippen LogP contribution is 2.44. The average molecular weight is 545 g/mol. The van der Waals surface area contributed by atoms with Crippen molar-refractivity contribution in [2.24, 2.45) is 0 Å². The molecule has 2 saturated heterocycles. The van der Waals surface area contributed by atoms with Crippen LogP contribution in [0.15, 0.2) is 6.20 Å². The molecule has 0 bridgehead atoms. The number of amides is 1. The number of likely N-dealkylation sites (N-methyl/N-ethyl adjacent to an activating group) is 1.